The van der Waals surface area contributed by atoms with Gasteiger partial charge in [-0.1, -0.05) is 35.5 Å². The molecule has 0 spiro atoms. The van der Waals surface area contributed by atoms with Gasteiger partial charge in [-0.15, -0.1) is 18.2 Å². The zero-order chi connectivity index (χ0) is 17.7. The van der Waals surface area contributed by atoms with Gasteiger partial charge in [-0.2, -0.15) is 18.2 Å². The highest BCUT2D eigenvalue weighted by Gasteiger charge is 2.38. The van der Waals surface area contributed by atoms with Crippen molar-refractivity contribution in [3.63, 3.8) is 0 Å². The maximum atomic E-state index is 12.5. The molecule has 0 saturated heterocycles. The Hall–Kier alpha value is -2.35. The summed E-state index contributed by atoms with van der Waals surface area (Å²) in [7, 11) is 0. The number of aromatic nitrogens is 2. The van der Waals surface area contributed by atoms with E-state index in [2.05, 4.69) is 21.2 Å². The van der Waals surface area contributed by atoms with Gasteiger partial charge in [-0.3, -0.25) is 4.79 Å². The molecule has 0 aliphatic carbocycles. The van der Waals surface area contributed by atoms with Gasteiger partial charge < -0.3 is 9.42 Å². The Bertz CT molecular complexity index is 713. The van der Waals surface area contributed by atoms with Crippen LogP contribution >= 0.6 is 11.6 Å². The van der Waals surface area contributed by atoms with Crippen molar-refractivity contribution < 1.29 is 22.5 Å². The van der Waals surface area contributed by atoms with Gasteiger partial charge in [0.05, 0.1) is 0 Å². The standard InChI is InChI=1S/C15H13ClF3N3O2/c1-2-7-22(12(23)8-16)9-10-3-5-11(6-4-10)13-20-14(24-21-13)15(17,18)19/h2-6H,1,7-9H2. The van der Waals surface area contributed by atoms with Crippen LogP contribution in [-0.4, -0.2) is 33.4 Å². The third kappa shape index (κ3) is 4.35. The van der Waals surface area contributed by atoms with Gasteiger partial charge in [-0.25, -0.2) is 0 Å². The number of halogens is 4. The lowest BCUT2D eigenvalue weighted by Crippen LogP contribution is -2.31. The van der Waals surface area contributed by atoms with Crippen LogP contribution < -0.4 is 0 Å². The maximum absolute atomic E-state index is 12.5. The highest BCUT2D eigenvalue weighted by molar-refractivity contribution is 6.27. The van der Waals surface area contributed by atoms with Crippen molar-refractivity contribution in [2.24, 2.45) is 0 Å². The number of rotatable bonds is 6. The van der Waals surface area contributed by atoms with Crippen LogP contribution in [0.1, 0.15) is 11.5 Å². The predicted molar refractivity (Wildman–Crippen MR) is 81.1 cm³/mol. The molecule has 2 aromatic rings. The van der Waals surface area contributed by atoms with Crippen LogP contribution in [0.4, 0.5) is 13.2 Å². The Balaban J connectivity index is 2.14. The second-order valence-corrected chi connectivity index (χ2v) is 5.08. The Morgan fingerprint density at radius 3 is 2.50 bits per heavy atom. The molecule has 0 atom stereocenters. The summed E-state index contributed by atoms with van der Waals surface area (Å²) in [6.07, 6.45) is -3.10. The summed E-state index contributed by atoms with van der Waals surface area (Å²) >= 11 is 5.55. The summed E-state index contributed by atoms with van der Waals surface area (Å²) in [5.74, 6) is -1.94. The van der Waals surface area contributed by atoms with E-state index in [1.165, 1.54) is 4.90 Å². The lowest BCUT2D eigenvalue weighted by Gasteiger charge is -2.20. The minimum absolute atomic E-state index is 0.144. The third-order valence-electron chi connectivity index (χ3n) is 3.07. The fourth-order valence-electron chi connectivity index (χ4n) is 1.93. The topological polar surface area (TPSA) is 59.2 Å². The van der Waals surface area contributed by atoms with Crippen LogP contribution in [-0.2, 0) is 17.5 Å². The van der Waals surface area contributed by atoms with E-state index >= 15 is 0 Å². The van der Waals surface area contributed by atoms with Gasteiger partial charge in [0.1, 0.15) is 5.88 Å². The number of nitrogens with zero attached hydrogens (tertiary/aromatic N) is 3. The van der Waals surface area contributed by atoms with Crippen LogP contribution in [0.3, 0.4) is 0 Å². The minimum Gasteiger partial charge on any atom is -0.334 e. The molecule has 2 rings (SSSR count). The molecule has 0 saturated carbocycles. The molecule has 0 fully saturated rings. The smallest absolute Gasteiger partial charge is 0.334 e. The summed E-state index contributed by atoms with van der Waals surface area (Å²) < 4.78 is 41.6. The van der Waals surface area contributed by atoms with Gasteiger partial charge in [0.25, 0.3) is 0 Å². The van der Waals surface area contributed by atoms with E-state index in [1.54, 1.807) is 30.3 Å². The van der Waals surface area contributed by atoms with Gasteiger partial charge in [0.2, 0.25) is 11.7 Å². The highest BCUT2D eigenvalue weighted by atomic mass is 35.5. The Labute approximate surface area is 140 Å². The molecule has 1 aromatic carbocycles. The number of carbonyl (C=O) groups is 1. The van der Waals surface area contributed by atoms with E-state index in [4.69, 9.17) is 11.6 Å². The zero-order valence-corrected chi connectivity index (χ0v) is 13.1. The van der Waals surface area contributed by atoms with E-state index < -0.39 is 12.1 Å². The lowest BCUT2D eigenvalue weighted by molar-refractivity contribution is -0.159. The zero-order valence-electron chi connectivity index (χ0n) is 12.4. The summed E-state index contributed by atoms with van der Waals surface area (Å²) in [5.41, 5.74) is 1.15. The molecule has 1 heterocycles. The Kier molecular flexibility index (Phi) is 5.61. The first-order valence-corrected chi connectivity index (χ1v) is 7.33. The molecule has 9 heteroatoms. The van der Waals surface area contributed by atoms with Gasteiger partial charge in [0.15, 0.2) is 0 Å². The number of hydrogen-bond acceptors (Lipinski definition) is 4. The van der Waals surface area contributed by atoms with Gasteiger partial charge in [0, 0.05) is 18.7 Å². The van der Waals surface area contributed by atoms with Crippen molar-refractivity contribution >= 4 is 17.5 Å². The molecule has 1 aromatic heterocycles. The van der Waals surface area contributed by atoms with Gasteiger partial charge in [-0.05, 0) is 5.56 Å². The number of hydrogen-bond donors (Lipinski definition) is 0. The van der Waals surface area contributed by atoms with Crippen molar-refractivity contribution in [1.29, 1.82) is 0 Å². The third-order valence-corrected chi connectivity index (χ3v) is 3.30. The van der Waals surface area contributed by atoms with E-state index in [-0.39, 0.29) is 17.6 Å². The minimum atomic E-state index is -4.68. The van der Waals surface area contributed by atoms with Gasteiger partial charge >= 0.3 is 12.1 Å². The lowest BCUT2D eigenvalue weighted by atomic mass is 10.1. The number of alkyl halides is 4. The predicted octanol–water partition coefficient (Wildman–Crippen LogP) is 3.51. The maximum Gasteiger partial charge on any atom is 0.471 e. The van der Waals surface area contributed by atoms with Crippen molar-refractivity contribution in [3.05, 3.63) is 48.4 Å². The van der Waals surface area contributed by atoms with E-state index in [9.17, 15) is 18.0 Å². The highest BCUT2D eigenvalue weighted by Crippen LogP contribution is 2.29. The summed E-state index contributed by atoms with van der Waals surface area (Å²) in [5, 5.41) is 3.31. The van der Waals surface area contributed by atoms with Crippen molar-refractivity contribution in [1.82, 2.24) is 15.0 Å². The average Bonchev–Trinajstić information content (AvgIpc) is 3.04. The average molecular weight is 360 g/mol. The molecule has 24 heavy (non-hydrogen) atoms. The number of benzene rings is 1. The van der Waals surface area contributed by atoms with E-state index in [0.717, 1.165) is 5.56 Å². The fourth-order valence-corrected chi connectivity index (χ4v) is 2.10. The van der Waals surface area contributed by atoms with Crippen LogP contribution in [0, 0.1) is 0 Å². The molecule has 0 unspecified atom stereocenters. The van der Waals surface area contributed by atoms with Crippen LogP contribution in [0.2, 0.25) is 0 Å². The summed E-state index contributed by atoms with van der Waals surface area (Å²) in [6, 6.07) is 6.43. The second kappa shape index (κ2) is 7.48. The molecule has 5 nitrogen and oxygen atoms in total. The molecule has 0 N–H and O–H groups in total. The van der Waals surface area contributed by atoms with Crippen molar-refractivity contribution in [2.75, 3.05) is 12.4 Å². The summed E-state index contributed by atoms with van der Waals surface area (Å²) in [6.45, 7) is 4.22. The first-order chi connectivity index (χ1) is 11.3. The molecule has 0 aliphatic rings. The van der Waals surface area contributed by atoms with Crippen LogP contribution in [0.5, 0.6) is 0 Å². The van der Waals surface area contributed by atoms with Crippen molar-refractivity contribution in [3.8, 4) is 11.4 Å². The molecule has 0 aliphatic heterocycles. The Morgan fingerprint density at radius 2 is 2.00 bits per heavy atom. The quantitative estimate of drug-likeness (QED) is 0.585. The molecule has 128 valence electrons. The largest absolute Gasteiger partial charge is 0.471 e. The van der Waals surface area contributed by atoms with Crippen LogP contribution in [0.15, 0.2) is 41.4 Å². The molecular formula is C15H13ClF3N3O2. The number of amides is 1. The van der Waals surface area contributed by atoms with E-state index in [1.807, 2.05) is 0 Å². The van der Waals surface area contributed by atoms with E-state index in [0.29, 0.717) is 18.7 Å². The van der Waals surface area contributed by atoms with Crippen LogP contribution in [0.25, 0.3) is 11.4 Å². The Morgan fingerprint density at radius 1 is 1.33 bits per heavy atom. The first-order valence-electron chi connectivity index (χ1n) is 6.80. The molecule has 1 amide bonds. The molecule has 0 bridgehead atoms. The fraction of sp³-hybridized carbons (Fsp3) is 0.267. The van der Waals surface area contributed by atoms with Crippen molar-refractivity contribution in [2.45, 2.75) is 12.7 Å². The summed E-state index contributed by atoms with van der Waals surface area (Å²) in [4.78, 5) is 16.5. The SMILES string of the molecule is C=CCN(Cc1ccc(-c2noc(C(F)(F)F)n2)cc1)C(=O)CCl. The normalized spacial score (nSPS) is 11.3. The first kappa shape index (κ1) is 18.0. The number of carbonyl (C=O) groups excluding carboxylic acids is 1. The molecular weight excluding hydrogens is 347 g/mol. The second-order valence-electron chi connectivity index (χ2n) is 4.81. The monoisotopic (exact) mass is 359 g/mol. The molecule has 0 radical (unpaired) electrons.